The minimum atomic E-state index is 0. The van der Waals surface area contributed by atoms with E-state index in [1.165, 1.54) is 10.4 Å². The molecule has 1 heterocycles. The maximum Gasteiger partial charge on any atom is 0.193 e. The van der Waals surface area contributed by atoms with Gasteiger partial charge in [-0.2, -0.15) is 0 Å². The van der Waals surface area contributed by atoms with Crippen molar-refractivity contribution >= 4 is 41.3 Å². The van der Waals surface area contributed by atoms with Crippen LogP contribution in [-0.2, 0) is 12.8 Å². The van der Waals surface area contributed by atoms with Gasteiger partial charge in [0.1, 0.15) is 0 Å². The molecular weight excluding hydrogens is 473 g/mol. The van der Waals surface area contributed by atoms with Gasteiger partial charge in [-0.25, -0.2) is 0 Å². The molecule has 1 aromatic carbocycles. The van der Waals surface area contributed by atoms with Crippen LogP contribution in [0, 0.1) is 0 Å². The highest BCUT2D eigenvalue weighted by Gasteiger charge is 2.07. The van der Waals surface area contributed by atoms with Gasteiger partial charge in [-0.1, -0.05) is 12.1 Å². The van der Waals surface area contributed by atoms with E-state index in [0.29, 0.717) is 0 Å². The average Bonchev–Trinajstić information content (AvgIpc) is 3.19. The van der Waals surface area contributed by atoms with Crippen LogP contribution in [0.25, 0.3) is 0 Å². The number of benzene rings is 1. The predicted octanol–water partition coefficient (Wildman–Crippen LogP) is 4.07. The zero-order valence-corrected chi connectivity index (χ0v) is 19.7. The first kappa shape index (κ1) is 23.6. The van der Waals surface area contributed by atoms with Gasteiger partial charge in [0, 0.05) is 32.1 Å². The molecule has 0 saturated carbocycles. The summed E-state index contributed by atoms with van der Waals surface area (Å²) in [6, 6.07) is 10.4. The Kier molecular flexibility index (Phi) is 11.2. The lowest BCUT2D eigenvalue weighted by molar-refractivity contribution is 0.354. The number of rotatable bonds is 9. The Hall–Kier alpha value is -1.48. The second-order valence-corrected chi connectivity index (χ2v) is 7.05. The molecule has 2 aromatic rings. The molecule has 2 rings (SSSR count). The molecule has 0 amide bonds. The van der Waals surface area contributed by atoms with Crippen molar-refractivity contribution in [3.05, 3.63) is 46.2 Å². The molecule has 0 saturated heterocycles. The van der Waals surface area contributed by atoms with E-state index in [0.717, 1.165) is 49.8 Å². The topological polar surface area (TPSA) is 46.1 Å². The fraction of sp³-hybridized carbons (Fsp3) is 0.450. The van der Waals surface area contributed by atoms with Gasteiger partial charge >= 0.3 is 0 Å². The van der Waals surface area contributed by atoms with E-state index in [4.69, 9.17) is 9.47 Å². The smallest absolute Gasteiger partial charge is 0.193 e. The van der Waals surface area contributed by atoms with Crippen molar-refractivity contribution < 1.29 is 9.47 Å². The fourth-order valence-electron chi connectivity index (χ4n) is 2.75. The van der Waals surface area contributed by atoms with Gasteiger partial charge in [-0.05, 0) is 48.4 Å². The summed E-state index contributed by atoms with van der Waals surface area (Å²) >= 11 is 1.80. The number of hydrogen-bond donors (Lipinski definition) is 1. The van der Waals surface area contributed by atoms with E-state index in [9.17, 15) is 0 Å². The predicted molar refractivity (Wildman–Crippen MR) is 125 cm³/mol. The normalized spacial score (nSPS) is 10.9. The molecule has 0 unspecified atom stereocenters. The Balaban J connectivity index is 0.00000364. The van der Waals surface area contributed by atoms with Crippen molar-refractivity contribution in [1.82, 2.24) is 10.2 Å². The molecule has 0 aliphatic heterocycles. The van der Waals surface area contributed by atoms with Crippen molar-refractivity contribution in [3.8, 4) is 11.5 Å². The zero-order chi connectivity index (χ0) is 18.8. The number of thiophene rings is 1. The average molecular weight is 503 g/mol. The van der Waals surface area contributed by atoms with Gasteiger partial charge < -0.3 is 19.7 Å². The second kappa shape index (κ2) is 12.8. The van der Waals surface area contributed by atoms with Crippen LogP contribution >= 0.6 is 35.3 Å². The Morgan fingerprint density at radius 2 is 1.93 bits per heavy atom. The van der Waals surface area contributed by atoms with E-state index < -0.39 is 0 Å². The van der Waals surface area contributed by atoms with Crippen LogP contribution < -0.4 is 14.8 Å². The number of aryl methyl sites for hydroxylation is 1. The molecule has 0 radical (unpaired) electrons. The maximum atomic E-state index is 5.36. The van der Waals surface area contributed by atoms with Gasteiger partial charge in [0.25, 0.3) is 0 Å². The van der Waals surface area contributed by atoms with Crippen LogP contribution in [0.4, 0.5) is 0 Å². The van der Waals surface area contributed by atoms with Crippen LogP contribution in [0.2, 0.25) is 0 Å². The third-order valence-corrected chi connectivity index (χ3v) is 5.16. The summed E-state index contributed by atoms with van der Waals surface area (Å²) in [7, 11) is 7.23. The van der Waals surface area contributed by atoms with Crippen molar-refractivity contribution in [2.75, 3.05) is 41.4 Å². The summed E-state index contributed by atoms with van der Waals surface area (Å²) in [4.78, 5) is 7.96. The Morgan fingerprint density at radius 1 is 1.15 bits per heavy atom. The van der Waals surface area contributed by atoms with Crippen molar-refractivity contribution in [2.45, 2.75) is 19.3 Å². The molecule has 0 spiro atoms. The number of likely N-dealkylation sites (N-methyl/N-ethyl adjacent to an activating group) is 1. The Bertz CT molecular complexity index is 693. The van der Waals surface area contributed by atoms with Gasteiger partial charge in [0.2, 0.25) is 0 Å². The SMILES string of the molecule is CN=C(NCCCc1ccc(OC)c(OC)c1)N(C)CCc1cccs1.I. The number of nitrogens with one attached hydrogen (secondary N) is 1. The maximum absolute atomic E-state index is 5.36. The van der Waals surface area contributed by atoms with Crippen LogP contribution in [0.5, 0.6) is 11.5 Å². The summed E-state index contributed by atoms with van der Waals surface area (Å²) in [6.07, 6.45) is 3.04. The van der Waals surface area contributed by atoms with E-state index in [2.05, 4.69) is 45.8 Å². The van der Waals surface area contributed by atoms with Crippen LogP contribution in [0.15, 0.2) is 40.7 Å². The number of nitrogens with zero attached hydrogens (tertiary/aromatic N) is 2. The molecule has 0 aliphatic rings. The summed E-state index contributed by atoms with van der Waals surface area (Å²) in [5, 5.41) is 5.57. The van der Waals surface area contributed by atoms with Crippen molar-refractivity contribution in [1.29, 1.82) is 0 Å². The molecule has 0 fully saturated rings. The monoisotopic (exact) mass is 503 g/mol. The number of ether oxygens (including phenoxy) is 2. The highest BCUT2D eigenvalue weighted by Crippen LogP contribution is 2.27. The number of halogens is 1. The molecular formula is C20H30IN3O2S. The third-order valence-electron chi connectivity index (χ3n) is 4.22. The van der Waals surface area contributed by atoms with Crippen LogP contribution in [-0.4, -0.2) is 52.3 Å². The number of aliphatic imine (C=N–C) groups is 1. The van der Waals surface area contributed by atoms with Crippen molar-refractivity contribution in [2.24, 2.45) is 4.99 Å². The molecule has 0 aliphatic carbocycles. The molecule has 5 nitrogen and oxygen atoms in total. The molecule has 0 bridgehead atoms. The third kappa shape index (κ3) is 7.57. The quantitative estimate of drug-likeness (QED) is 0.243. The number of methoxy groups -OCH3 is 2. The second-order valence-electron chi connectivity index (χ2n) is 6.02. The molecule has 0 atom stereocenters. The first-order valence-corrected chi connectivity index (χ1v) is 9.71. The van der Waals surface area contributed by atoms with E-state index in [1.807, 2.05) is 19.2 Å². The standard InChI is InChI=1S/C20H29N3O2S.HI/c1-21-20(23(2)13-11-17-8-6-14-26-17)22-12-5-7-16-9-10-18(24-3)19(15-16)25-4;/h6,8-10,14-15H,5,7,11-13H2,1-4H3,(H,21,22);1H. The molecule has 27 heavy (non-hydrogen) atoms. The minimum Gasteiger partial charge on any atom is -0.493 e. The fourth-order valence-corrected chi connectivity index (χ4v) is 3.45. The lowest BCUT2D eigenvalue weighted by atomic mass is 10.1. The van der Waals surface area contributed by atoms with Gasteiger partial charge in [0.05, 0.1) is 14.2 Å². The lowest BCUT2D eigenvalue weighted by Crippen LogP contribution is -2.40. The van der Waals surface area contributed by atoms with Crippen LogP contribution in [0.1, 0.15) is 16.9 Å². The summed E-state index contributed by atoms with van der Waals surface area (Å²) < 4.78 is 10.6. The van der Waals surface area contributed by atoms with Crippen molar-refractivity contribution in [3.63, 3.8) is 0 Å². The van der Waals surface area contributed by atoms with E-state index in [-0.39, 0.29) is 24.0 Å². The summed E-state index contributed by atoms with van der Waals surface area (Å²) in [5.74, 6) is 2.48. The molecule has 150 valence electrons. The first-order valence-electron chi connectivity index (χ1n) is 8.83. The highest BCUT2D eigenvalue weighted by atomic mass is 127. The minimum absolute atomic E-state index is 0. The first-order chi connectivity index (χ1) is 12.7. The Morgan fingerprint density at radius 3 is 2.56 bits per heavy atom. The number of hydrogen-bond acceptors (Lipinski definition) is 4. The lowest BCUT2D eigenvalue weighted by Gasteiger charge is -2.21. The van der Waals surface area contributed by atoms with Gasteiger partial charge in [-0.3, -0.25) is 4.99 Å². The largest absolute Gasteiger partial charge is 0.493 e. The summed E-state index contributed by atoms with van der Waals surface area (Å²) in [6.45, 7) is 1.83. The van der Waals surface area contributed by atoms with Gasteiger partial charge in [-0.15, -0.1) is 35.3 Å². The zero-order valence-electron chi connectivity index (χ0n) is 16.5. The summed E-state index contributed by atoms with van der Waals surface area (Å²) in [5.41, 5.74) is 1.24. The molecule has 1 aromatic heterocycles. The molecule has 1 N–H and O–H groups in total. The molecule has 7 heteroatoms. The van der Waals surface area contributed by atoms with Gasteiger partial charge in [0.15, 0.2) is 17.5 Å². The van der Waals surface area contributed by atoms with E-state index >= 15 is 0 Å². The Labute approximate surface area is 183 Å². The van der Waals surface area contributed by atoms with Crippen LogP contribution in [0.3, 0.4) is 0 Å². The highest BCUT2D eigenvalue weighted by molar-refractivity contribution is 14.0. The van der Waals surface area contributed by atoms with E-state index in [1.54, 1.807) is 25.6 Å². The number of guanidine groups is 1.